The van der Waals surface area contributed by atoms with E-state index in [9.17, 15) is 10.1 Å². The Morgan fingerprint density at radius 1 is 1.18 bits per heavy atom. The second-order valence-electron chi connectivity index (χ2n) is 8.41. The fraction of sp³-hybridized carbons (Fsp3) is 0.296. The number of nitriles is 1. The van der Waals surface area contributed by atoms with E-state index in [4.69, 9.17) is 23.0 Å². The van der Waals surface area contributed by atoms with Crippen molar-refractivity contribution in [2.75, 3.05) is 37.8 Å². The molecule has 1 aliphatic rings. The van der Waals surface area contributed by atoms with Gasteiger partial charge in [-0.3, -0.25) is 0 Å². The standard InChI is InChI=1S/C27H25N5O6/c1-3-35-27(33)24-23(30-16-37-24)15-36-26-21(13-28)20(25-29-14-17(2)38-25)12-22(31-26)18-4-6-19(7-5-18)32-8-10-34-11-9-32/h4-7,12,14,16H,3,8-11,15H2,1-2H3. The fourth-order valence-electron chi connectivity index (χ4n) is 4.07. The average molecular weight is 516 g/mol. The molecule has 1 aromatic carbocycles. The molecule has 38 heavy (non-hydrogen) atoms. The topological polar surface area (TPSA) is 137 Å². The number of morpholine rings is 1. The summed E-state index contributed by atoms with van der Waals surface area (Å²) in [7, 11) is 0. The van der Waals surface area contributed by atoms with Gasteiger partial charge >= 0.3 is 5.97 Å². The molecule has 194 valence electrons. The molecule has 0 radical (unpaired) electrons. The van der Waals surface area contributed by atoms with Crippen LogP contribution in [-0.2, 0) is 16.1 Å². The van der Waals surface area contributed by atoms with Gasteiger partial charge in [0, 0.05) is 24.3 Å². The van der Waals surface area contributed by atoms with Crippen molar-refractivity contribution >= 4 is 11.7 Å². The van der Waals surface area contributed by atoms with Crippen LogP contribution in [0, 0.1) is 18.3 Å². The van der Waals surface area contributed by atoms with Crippen molar-refractivity contribution in [3.05, 3.63) is 65.7 Å². The zero-order valence-corrected chi connectivity index (χ0v) is 21.0. The second-order valence-corrected chi connectivity index (χ2v) is 8.41. The predicted molar refractivity (Wildman–Crippen MR) is 134 cm³/mol. The molecule has 11 heteroatoms. The van der Waals surface area contributed by atoms with Crippen LogP contribution in [0.1, 0.15) is 34.5 Å². The minimum Gasteiger partial charge on any atom is -0.470 e. The summed E-state index contributed by atoms with van der Waals surface area (Å²) >= 11 is 0. The summed E-state index contributed by atoms with van der Waals surface area (Å²) < 4.78 is 27.3. The van der Waals surface area contributed by atoms with E-state index in [-0.39, 0.29) is 42.0 Å². The Hall–Kier alpha value is -4.69. The molecule has 0 atom stereocenters. The van der Waals surface area contributed by atoms with Gasteiger partial charge in [0.1, 0.15) is 29.7 Å². The number of benzene rings is 1. The first-order valence-corrected chi connectivity index (χ1v) is 12.1. The minimum absolute atomic E-state index is 0.0471. The summed E-state index contributed by atoms with van der Waals surface area (Å²) in [5, 5.41) is 10.0. The van der Waals surface area contributed by atoms with Gasteiger partial charge in [0.15, 0.2) is 6.39 Å². The first kappa shape index (κ1) is 25.0. The molecule has 1 aliphatic heterocycles. The Morgan fingerprint density at radius 2 is 1.97 bits per heavy atom. The summed E-state index contributed by atoms with van der Waals surface area (Å²) in [6.45, 7) is 6.53. The molecule has 0 amide bonds. The number of hydrogen-bond donors (Lipinski definition) is 0. The summed E-state index contributed by atoms with van der Waals surface area (Å²) in [6.07, 6.45) is 2.71. The van der Waals surface area contributed by atoms with Gasteiger partial charge in [-0.05, 0) is 32.0 Å². The van der Waals surface area contributed by atoms with Crippen molar-refractivity contribution in [2.24, 2.45) is 0 Å². The number of rotatable bonds is 8. The number of pyridine rings is 1. The van der Waals surface area contributed by atoms with Gasteiger partial charge in [-0.1, -0.05) is 12.1 Å². The van der Waals surface area contributed by atoms with Crippen molar-refractivity contribution in [1.82, 2.24) is 15.0 Å². The Bertz CT molecular complexity index is 1460. The molecular weight excluding hydrogens is 490 g/mol. The molecule has 0 unspecified atom stereocenters. The molecule has 0 bridgehead atoms. The van der Waals surface area contributed by atoms with E-state index in [1.54, 1.807) is 26.1 Å². The molecule has 4 heterocycles. The molecule has 3 aromatic heterocycles. The van der Waals surface area contributed by atoms with Gasteiger partial charge in [0.2, 0.25) is 17.5 Å². The van der Waals surface area contributed by atoms with E-state index in [2.05, 4.69) is 25.9 Å². The van der Waals surface area contributed by atoms with Crippen LogP contribution in [0.5, 0.6) is 5.88 Å². The van der Waals surface area contributed by atoms with Crippen LogP contribution in [0.4, 0.5) is 5.69 Å². The van der Waals surface area contributed by atoms with Gasteiger partial charge in [-0.2, -0.15) is 5.26 Å². The van der Waals surface area contributed by atoms with Gasteiger partial charge in [0.05, 0.1) is 37.3 Å². The number of esters is 1. The van der Waals surface area contributed by atoms with Crippen molar-refractivity contribution < 1.29 is 27.8 Å². The van der Waals surface area contributed by atoms with E-state index < -0.39 is 5.97 Å². The summed E-state index contributed by atoms with van der Waals surface area (Å²) in [6, 6.07) is 11.9. The van der Waals surface area contributed by atoms with Crippen molar-refractivity contribution in [2.45, 2.75) is 20.5 Å². The normalized spacial score (nSPS) is 13.2. The number of ether oxygens (including phenoxy) is 3. The molecule has 0 spiro atoms. The Morgan fingerprint density at radius 3 is 2.66 bits per heavy atom. The van der Waals surface area contributed by atoms with E-state index >= 15 is 0 Å². The van der Waals surface area contributed by atoms with Crippen LogP contribution in [0.3, 0.4) is 0 Å². The number of aromatic nitrogens is 3. The number of hydrogen-bond acceptors (Lipinski definition) is 11. The number of aryl methyl sites for hydroxylation is 1. The largest absolute Gasteiger partial charge is 0.470 e. The average Bonchev–Trinajstić information content (AvgIpc) is 3.61. The van der Waals surface area contributed by atoms with Gasteiger partial charge < -0.3 is 27.9 Å². The van der Waals surface area contributed by atoms with Gasteiger partial charge in [-0.25, -0.2) is 19.7 Å². The highest BCUT2D eigenvalue weighted by Gasteiger charge is 2.23. The third-order valence-electron chi connectivity index (χ3n) is 5.94. The van der Waals surface area contributed by atoms with Crippen LogP contribution >= 0.6 is 0 Å². The quantitative estimate of drug-likeness (QED) is 0.313. The van der Waals surface area contributed by atoms with Crippen LogP contribution < -0.4 is 9.64 Å². The lowest BCUT2D eigenvalue weighted by atomic mass is 10.0. The summed E-state index contributed by atoms with van der Waals surface area (Å²) in [4.78, 5) is 27.4. The van der Waals surface area contributed by atoms with E-state index in [1.807, 2.05) is 24.3 Å². The van der Waals surface area contributed by atoms with E-state index in [1.165, 1.54) is 0 Å². The summed E-state index contributed by atoms with van der Waals surface area (Å²) in [5.74, 6) is 0.198. The molecule has 0 N–H and O–H groups in total. The lowest BCUT2D eigenvalue weighted by Gasteiger charge is -2.28. The lowest BCUT2D eigenvalue weighted by molar-refractivity contribution is 0.0486. The third kappa shape index (κ3) is 5.21. The van der Waals surface area contributed by atoms with Crippen molar-refractivity contribution in [3.8, 4) is 34.7 Å². The molecule has 11 nitrogen and oxygen atoms in total. The highest BCUT2D eigenvalue weighted by molar-refractivity contribution is 5.87. The number of carbonyl (C=O) groups excluding carboxylic acids is 1. The van der Waals surface area contributed by atoms with E-state index in [0.29, 0.717) is 30.2 Å². The van der Waals surface area contributed by atoms with Crippen LogP contribution in [0.25, 0.3) is 22.7 Å². The molecule has 0 saturated carbocycles. The first-order valence-electron chi connectivity index (χ1n) is 12.1. The smallest absolute Gasteiger partial charge is 0.376 e. The second kappa shape index (κ2) is 11.1. The predicted octanol–water partition coefficient (Wildman–Crippen LogP) is 4.16. The van der Waals surface area contributed by atoms with Crippen molar-refractivity contribution in [1.29, 1.82) is 5.26 Å². The molecule has 1 fully saturated rings. The Labute approximate surface area is 218 Å². The fourth-order valence-corrected chi connectivity index (χ4v) is 4.07. The highest BCUT2D eigenvalue weighted by Crippen LogP contribution is 2.34. The number of anilines is 1. The van der Waals surface area contributed by atoms with Crippen molar-refractivity contribution in [3.63, 3.8) is 0 Å². The molecule has 0 aliphatic carbocycles. The molecular formula is C27H25N5O6. The van der Waals surface area contributed by atoms with Crippen LogP contribution in [0.15, 0.2) is 51.8 Å². The maximum absolute atomic E-state index is 12.2. The number of nitrogens with zero attached hydrogens (tertiary/aromatic N) is 5. The monoisotopic (exact) mass is 515 g/mol. The third-order valence-corrected chi connectivity index (χ3v) is 5.94. The van der Waals surface area contributed by atoms with Crippen LogP contribution in [0.2, 0.25) is 0 Å². The Kier molecular flexibility index (Phi) is 7.33. The highest BCUT2D eigenvalue weighted by atomic mass is 16.5. The number of carbonyl (C=O) groups is 1. The Balaban J connectivity index is 1.50. The maximum atomic E-state index is 12.2. The molecule has 1 saturated heterocycles. The van der Waals surface area contributed by atoms with Gasteiger partial charge in [0.25, 0.3) is 0 Å². The number of oxazole rings is 2. The van der Waals surface area contributed by atoms with Crippen LogP contribution in [-0.4, -0.2) is 53.8 Å². The molecule has 4 aromatic rings. The molecule has 5 rings (SSSR count). The minimum atomic E-state index is -0.651. The van der Waals surface area contributed by atoms with E-state index in [0.717, 1.165) is 30.7 Å². The van der Waals surface area contributed by atoms with Gasteiger partial charge in [-0.15, -0.1) is 0 Å². The summed E-state index contributed by atoms with van der Waals surface area (Å²) in [5.41, 5.74) is 3.26. The lowest BCUT2D eigenvalue weighted by Crippen LogP contribution is -2.36. The zero-order chi connectivity index (χ0) is 26.5. The SMILES string of the molecule is CCOC(=O)c1ocnc1COc1nc(-c2ccc(N3CCOCC3)cc2)cc(-c2ncc(C)o2)c1C#N. The maximum Gasteiger partial charge on any atom is 0.376 e. The zero-order valence-electron chi connectivity index (χ0n) is 21.0. The first-order chi connectivity index (χ1) is 18.6.